The van der Waals surface area contributed by atoms with E-state index in [0.717, 1.165) is 48.9 Å². The minimum Gasteiger partial charge on any atom is -0.507 e. The summed E-state index contributed by atoms with van der Waals surface area (Å²) in [5.41, 5.74) is 5.19. The van der Waals surface area contributed by atoms with Crippen molar-refractivity contribution in [2.75, 3.05) is 11.9 Å². The van der Waals surface area contributed by atoms with Crippen LogP contribution >= 0.6 is 0 Å². The van der Waals surface area contributed by atoms with Crippen molar-refractivity contribution in [2.45, 2.75) is 64.2 Å². The number of phenols is 1. The van der Waals surface area contributed by atoms with E-state index in [1.165, 1.54) is 4.68 Å². The molecule has 3 N–H and O–H groups in total. The summed E-state index contributed by atoms with van der Waals surface area (Å²) in [6.45, 7) is 6.89. The van der Waals surface area contributed by atoms with Gasteiger partial charge in [0.1, 0.15) is 5.75 Å². The van der Waals surface area contributed by atoms with E-state index < -0.39 is 0 Å². The lowest BCUT2D eigenvalue weighted by Crippen LogP contribution is -2.32. The monoisotopic (exact) mass is 550 g/mol. The molecular weight excluding hydrogens is 512 g/mol. The van der Waals surface area contributed by atoms with Gasteiger partial charge in [0.05, 0.1) is 11.4 Å². The maximum absolute atomic E-state index is 13.3. The van der Waals surface area contributed by atoms with Crippen LogP contribution in [-0.2, 0) is 11.8 Å². The van der Waals surface area contributed by atoms with E-state index in [-0.39, 0.29) is 29.0 Å². The summed E-state index contributed by atoms with van der Waals surface area (Å²) in [5, 5.41) is 21.3. The van der Waals surface area contributed by atoms with Crippen molar-refractivity contribution < 1.29 is 14.7 Å². The van der Waals surface area contributed by atoms with Crippen molar-refractivity contribution in [3.63, 3.8) is 0 Å². The van der Waals surface area contributed by atoms with Gasteiger partial charge in [-0.1, -0.05) is 76.1 Å². The van der Waals surface area contributed by atoms with E-state index in [4.69, 9.17) is 0 Å². The molecule has 0 radical (unpaired) electrons. The van der Waals surface area contributed by atoms with E-state index in [1.54, 1.807) is 18.2 Å². The molecular formula is C34H38N4O3. The van der Waals surface area contributed by atoms with Gasteiger partial charge in [-0.2, -0.15) is 9.78 Å². The van der Waals surface area contributed by atoms with E-state index in [1.807, 2.05) is 60.7 Å². The van der Waals surface area contributed by atoms with Gasteiger partial charge in [0.15, 0.2) is 0 Å². The fraction of sp³-hybridized carbons (Fsp3) is 0.324. The number of rotatable bonds is 7. The molecule has 3 aromatic carbocycles. The first-order chi connectivity index (χ1) is 19.7. The molecule has 0 atom stereocenters. The molecule has 212 valence electrons. The first kappa shape index (κ1) is 28.1. The third kappa shape index (κ3) is 6.68. The molecule has 7 heteroatoms. The third-order valence-electron chi connectivity index (χ3n) is 7.78. The number of carbonyl (C=O) groups excluding carboxylic acids is 2. The number of anilines is 1. The highest BCUT2D eigenvalue weighted by Crippen LogP contribution is 2.38. The molecule has 1 fully saturated rings. The molecule has 0 bridgehead atoms. The minimum atomic E-state index is -0.281. The first-order valence-electron chi connectivity index (χ1n) is 14.4. The van der Waals surface area contributed by atoms with Gasteiger partial charge >= 0.3 is 6.03 Å². The Morgan fingerprint density at radius 2 is 1.66 bits per heavy atom. The second-order valence-corrected chi connectivity index (χ2v) is 11.8. The summed E-state index contributed by atoms with van der Waals surface area (Å²) < 4.78 is 1.46. The number of aromatic hydroxyl groups is 1. The van der Waals surface area contributed by atoms with Crippen LogP contribution in [0.1, 0.15) is 79.6 Å². The molecule has 7 nitrogen and oxygen atoms in total. The summed E-state index contributed by atoms with van der Waals surface area (Å²) in [5.74, 6) is 0.0268. The second kappa shape index (κ2) is 12.0. The maximum atomic E-state index is 13.3. The molecule has 2 amide bonds. The Balaban J connectivity index is 1.36. The van der Waals surface area contributed by atoms with Gasteiger partial charge in [-0.15, -0.1) is 0 Å². The molecule has 1 heterocycles. The molecule has 1 aliphatic rings. The molecule has 4 aromatic rings. The molecule has 1 aliphatic carbocycles. The normalized spacial score (nSPS) is 13.7. The van der Waals surface area contributed by atoms with Gasteiger partial charge in [-0.25, -0.2) is 4.79 Å². The van der Waals surface area contributed by atoms with Crippen molar-refractivity contribution in [2.24, 2.45) is 0 Å². The molecule has 0 aliphatic heterocycles. The van der Waals surface area contributed by atoms with Crippen molar-refractivity contribution in [3.05, 3.63) is 101 Å². The van der Waals surface area contributed by atoms with Gasteiger partial charge in [0.25, 0.3) is 5.91 Å². The molecule has 5 rings (SSSR count). The Hall–Kier alpha value is -4.39. The molecule has 1 saturated carbocycles. The summed E-state index contributed by atoms with van der Waals surface area (Å²) >= 11 is 0. The quantitative estimate of drug-likeness (QED) is 0.211. The zero-order valence-corrected chi connectivity index (χ0v) is 24.0. The Morgan fingerprint density at radius 1 is 0.951 bits per heavy atom. The van der Waals surface area contributed by atoms with Crippen LogP contribution in [0.5, 0.6) is 5.75 Å². The Labute approximate surface area is 241 Å². The summed E-state index contributed by atoms with van der Waals surface area (Å²) in [4.78, 5) is 26.3. The highest BCUT2D eigenvalue weighted by molar-refractivity contribution is 6.04. The smallest absolute Gasteiger partial charge is 0.342 e. The average molecular weight is 551 g/mol. The Kier molecular flexibility index (Phi) is 8.24. The topological polar surface area (TPSA) is 96.2 Å². The van der Waals surface area contributed by atoms with Gasteiger partial charge < -0.3 is 15.7 Å². The zero-order chi connectivity index (χ0) is 29.0. The first-order valence-corrected chi connectivity index (χ1v) is 14.4. The van der Waals surface area contributed by atoms with Crippen LogP contribution in [0.2, 0.25) is 0 Å². The predicted octanol–water partition coefficient (Wildman–Crippen LogP) is 7.26. The van der Waals surface area contributed by atoms with Gasteiger partial charge in [-0.05, 0) is 72.2 Å². The van der Waals surface area contributed by atoms with Crippen LogP contribution in [0.25, 0.3) is 11.3 Å². The van der Waals surface area contributed by atoms with Crippen molar-refractivity contribution in [1.29, 1.82) is 0 Å². The fourth-order valence-corrected chi connectivity index (χ4v) is 5.38. The standard InChI is InChI=1S/C34H38N4O3/c1-34(2,3)26-15-13-25(14-16-26)32(40)36-27-17-18-31(39)28(21-27)29-22-30(24-11-7-8-12-24)38(37-29)33(41)35-20-19-23-9-5-4-6-10-23/h4-6,9-10,13-18,21-22,24,39H,7-8,11-12,19-20H2,1-3H3,(H,35,41)(H,36,40). The average Bonchev–Trinajstić information content (AvgIpc) is 3.65. The third-order valence-corrected chi connectivity index (χ3v) is 7.78. The summed E-state index contributed by atoms with van der Waals surface area (Å²) in [6, 6.07) is 24.1. The van der Waals surface area contributed by atoms with E-state index in [2.05, 4.69) is 36.5 Å². The van der Waals surface area contributed by atoms with E-state index >= 15 is 0 Å². The van der Waals surface area contributed by atoms with Gasteiger partial charge in [0.2, 0.25) is 0 Å². The maximum Gasteiger partial charge on any atom is 0.342 e. The molecule has 1 aromatic heterocycles. The Morgan fingerprint density at radius 3 is 2.34 bits per heavy atom. The van der Waals surface area contributed by atoms with Crippen LogP contribution in [0.3, 0.4) is 0 Å². The number of aromatic nitrogens is 2. The molecule has 0 spiro atoms. The van der Waals surface area contributed by atoms with Gasteiger partial charge in [0, 0.05) is 29.3 Å². The minimum absolute atomic E-state index is 0.000415. The number of nitrogens with one attached hydrogen (secondary N) is 2. The fourth-order valence-electron chi connectivity index (χ4n) is 5.38. The predicted molar refractivity (Wildman–Crippen MR) is 163 cm³/mol. The van der Waals surface area contributed by atoms with Crippen molar-refractivity contribution in [3.8, 4) is 17.0 Å². The number of benzene rings is 3. The van der Waals surface area contributed by atoms with Crippen molar-refractivity contribution >= 4 is 17.6 Å². The lowest BCUT2D eigenvalue weighted by molar-refractivity contribution is 0.102. The highest BCUT2D eigenvalue weighted by Gasteiger charge is 2.26. The number of phenolic OH excluding ortho intramolecular Hbond substituents is 1. The number of amides is 2. The highest BCUT2D eigenvalue weighted by atomic mass is 16.3. The van der Waals surface area contributed by atoms with Crippen LogP contribution in [0, 0.1) is 0 Å². The number of hydrogen-bond acceptors (Lipinski definition) is 4. The summed E-state index contributed by atoms with van der Waals surface area (Å²) in [7, 11) is 0. The van der Waals surface area contributed by atoms with Crippen molar-refractivity contribution in [1.82, 2.24) is 15.1 Å². The largest absolute Gasteiger partial charge is 0.507 e. The number of hydrogen-bond donors (Lipinski definition) is 3. The Bertz CT molecular complexity index is 1510. The van der Waals surface area contributed by atoms with E-state index in [0.29, 0.717) is 29.1 Å². The zero-order valence-electron chi connectivity index (χ0n) is 24.0. The number of nitrogens with zero attached hydrogens (tertiary/aromatic N) is 2. The number of carbonyl (C=O) groups is 2. The van der Waals surface area contributed by atoms with Crippen LogP contribution in [0.4, 0.5) is 10.5 Å². The lowest BCUT2D eigenvalue weighted by Gasteiger charge is -2.19. The SMILES string of the molecule is CC(C)(C)c1ccc(C(=O)Nc2ccc(O)c(-c3cc(C4CCCC4)n(C(=O)NCCc4ccccc4)n3)c2)cc1. The van der Waals surface area contributed by atoms with E-state index in [9.17, 15) is 14.7 Å². The molecule has 41 heavy (non-hydrogen) atoms. The molecule has 0 saturated heterocycles. The second-order valence-electron chi connectivity index (χ2n) is 11.8. The van der Waals surface area contributed by atoms with Crippen LogP contribution in [-0.4, -0.2) is 33.4 Å². The van der Waals surface area contributed by atoms with Gasteiger partial charge in [-0.3, -0.25) is 4.79 Å². The molecule has 0 unspecified atom stereocenters. The van der Waals surface area contributed by atoms with Crippen LogP contribution < -0.4 is 10.6 Å². The summed E-state index contributed by atoms with van der Waals surface area (Å²) in [6.07, 6.45) is 4.95. The lowest BCUT2D eigenvalue weighted by atomic mass is 9.87. The van der Waals surface area contributed by atoms with Crippen LogP contribution in [0.15, 0.2) is 78.9 Å².